The minimum absolute atomic E-state index is 0.307. The molecule has 0 amide bonds. The van der Waals surface area contributed by atoms with Gasteiger partial charge in [-0.3, -0.25) is 9.88 Å². The zero-order valence-electron chi connectivity index (χ0n) is 19.2. The van der Waals surface area contributed by atoms with E-state index in [-0.39, 0.29) is 0 Å². The van der Waals surface area contributed by atoms with Gasteiger partial charge in [0.25, 0.3) is 0 Å². The average molecular weight is 541 g/mol. The molecule has 2 aromatic carbocycles. The Morgan fingerprint density at radius 1 is 1.03 bits per heavy atom. The number of ether oxygens (including phenoxy) is 2. The molecule has 3 aromatic rings. The van der Waals surface area contributed by atoms with E-state index in [1.54, 1.807) is 18.5 Å². The lowest BCUT2D eigenvalue weighted by Crippen LogP contribution is -2.29. The first-order valence-corrected chi connectivity index (χ1v) is 12.6. The lowest BCUT2D eigenvalue weighted by Gasteiger charge is -2.27. The van der Waals surface area contributed by atoms with E-state index in [0.717, 1.165) is 52.1 Å². The first-order chi connectivity index (χ1) is 16.5. The molecule has 0 saturated carbocycles. The topological polar surface area (TPSA) is 58.4 Å². The maximum Gasteiger partial charge on any atom is 0.142 e. The number of rotatable bonds is 8. The second kappa shape index (κ2) is 11.7. The third-order valence-corrected chi connectivity index (χ3v) is 7.19. The van der Waals surface area contributed by atoms with E-state index >= 15 is 0 Å². The Kier molecular flexibility index (Phi) is 8.44. The van der Waals surface area contributed by atoms with Crippen LogP contribution in [-0.2, 0) is 19.8 Å². The van der Waals surface area contributed by atoms with Gasteiger partial charge in [-0.2, -0.15) is 5.26 Å². The van der Waals surface area contributed by atoms with Crippen LogP contribution in [0.25, 0.3) is 0 Å². The summed E-state index contributed by atoms with van der Waals surface area (Å²) < 4.78 is 13.4. The Labute approximate surface area is 214 Å². The Balaban J connectivity index is 1.56. The maximum absolute atomic E-state index is 9.16. The molecule has 2 heterocycles. The SMILES string of the molecule is Cc1c(Br)cccc1COc1cc(OCc2cncc(C#N)c2)c(CN2CCCCC2)cc1Cl. The second-order valence-electron chi connectivity index (χ2n) is 8.52. The van der Waals surface area contributed by atoms with Gasteiger partial charge in [0.05, 0.1) is 10.6 Å². The van der Waals surface area contributed by atoms with Crippen molar-refractivity contribution >= 4 is 27.5 Å². The van der Waals surface area contributed by atoms with Gasteiger partial charge in [0, 0.05) is 40.6 Å². The maximum atomic E-state index is 9.16. The van der Waals surface area contributed by atoms with Crippen LogP contribution in [0.1, 0.15) is 47.1 Å². The van der Waals surface area contributed by atoms with Crippen LogP contribution < -0.4 is 9.47 Å². The molecule has 1 aromatic heterocycles. The predicted octanol–water partition coefficient (Wildman–Crippen LogP) is 6.82. The number of pyridine rings is 1. The van der Waals surface area contributed by atoms with Crippen LogP contribution in [0.2, 0.25) is 5.02 Å². The number of nitrogens with zero attached hydrogens (tertiary/aromatic N) is 3. The van der Waals surface area contributed by atoms with Crippen LogP contribution in [0.4, 0.5) is 0 Å². The van der Waals surface area contributed by atoms with E-state index < -0.39 is 0 Å². The fraction of sp³-hybridized carbons (Fsp3) is 0.333. The number of halogens is 2. The van der Waals surface area contributed by atoms with Crippen molar-refractivity contribution in [3.8, 4) is 17.6 Å². The molecular weight excluding hydrogens is 514 g/mol. The summed E-state index contributed by atoms with van der Waals surface area (Å²) in [6.45, 7) is 5.70. The molecule has 0 N–H and O–H groups in total. The molecule has 1 saturated heterocycles. The molecule has 5 nitrogen and oxygen atoms in total. The zero-order valence-corrected chi connectivity index (χ0v) is 21.5. The van der Waals surface area contributed by atoms with Crippen molar-refractivity contribution in [3.05, 3.63) is 86.1 Å². The molecule has 0 spiro atoms. The van der Waals surface area contributed by atoms with Crippen LogP contribution in [-0.4, -0.2) is 23.0 Å². The monoisotopic (exact) mass is 539 g/mol. The van der Waals surface area contributed by atoms with Crippen LogP contribution in [0, 0.1) is 18.3 Å². The first kappa shape index (κ1) is 24.5. The fourth-order valence-corrected chi connectivity index (χ4v) is 4.70. The Hall–Kier alpha value is -2.59. The molecule has 1 aliphatic heterocycles. The number of hydrogen-bond donors (Lipinski definition) is 0. The lowest BCUT2D eigenvalue weighted by molar-refractivity contribution is 0.214. The van der Waals surface area contributed by atoms with E-state index in [1.807, 2.05) is 30.3 Å². The summed E-state index contributed by atoms with van der Waals surface area (Å²) in [7, 11) is 0. The third kappa shape index (κ3) is 6.29. The van der Waals surface area contributed by atoms with Crippen molar-refractivity contribution in [3.63, 3.8) is 0 Å². The van der Waals surface area contributed by atoms with Gasteiger partial charge >= 0.3 is 0 Å². The standard InChI is InChI=1S/C27H27BrClN3O2/c1-19-22(6-5-7-24(19)28)18-34-27-12-26(33-17-21-10-20(13-30)14-31-15-21)23(11-25(27)29)16-32-8-3-2-4-9-32/h5-7,10-12,14-15H,2-4,8-9,16-18H2,1H3. The highest BCUT2D eigenvalue weighted by molar-refractivity contribution is 9.10. The summed E-state index contributed by atoms with van der Waals surface area (Å²) in [4.78, 5) is 6.57. The Bertz CT molecular complexity index is 1190. The van der Waals surface area contributed by atoms with Gasteiger partial charge in [-0.05, 0) is 62.2 Å². The summed E-state index contributed by atoms with van der Waals surface area (Å²) in [6.07, 6.45) is 6.97. The van der Waals surface area contributed by atoms with Crippen molar-refractivity contribution in [2.45, 2.75) is 45.9 Å². The largest absolute Gasteiger partial charge is 0.488 e. The number of aromatic nitrogens is 1. The average Bonchev–Trinajstić information content (AvgIpc) is 2.86. The molecule has 0 radical (unpaired) electrons. The molecule has 1 fully saturated rings. The van der Waals surface area contributed by atoms with E-state index in [2.05, 4.69) is 38.8 Å². The van der Waals surface area contributed by atoms with Gasteiger partial charge in [0.15, 0.2) is 0 Å². The van der Waals surface area contributed by atoms with Crippen LogP contribution in [0.5, 0.6) is 11.5 Å². The van der Waals surface area contributed by atoms with E-state index in [0.29, 0.717) is 29.5 Å². The van der Waals surface area contributed by atoms with E-state index in [1.165, 1.54) is 19.3 Å². The molecule has 0 bridgehead atoms. The van der Waals surface area contributed by atoms with Crippen molar-refractivity contribution in [1.82, 2.24) is 9.88 Å². The Morgan fingerprint density at radius 2 is 1.82 bits per heavy atom. The number of benzene rings is 2. The molecule has 0 aliphatic carbocycles. The highest BCUT2D eigenvalue weighted by Gasteiger charge is 2.17. The Morgan fingerprint density at radius 3 is 2.62 bits per heavy atom. The quantitative estimate of drug-likeness (QED) is 0.314. The first-order valence-electron chi connectivity index (χ1n) is 11.4. The van der Waals surface area contributed by atoms with Gasteiger partial charge in [0.1, 0.15) is 30.8 Å². The van der Waals surface area contributed by atoms with Crippen molar-refractivity contribution in [2.24, 2.45) is 0 Å². The highest BCUT2D eigenvalue weighted by Crippen LogP contribution is 2.35. The van der Waals surface area contributed by atoms with Gasteiger partial charge in [0.2, 0.25) is 0 Å². The molecule has 0 atom stereocenters. The fourth-order valence-electron chi connectivity index (χ4n) is 4.06. The van der Waals surface area contributed by atoms with Gasteiger partial charge in [-0.15, -0.1) is 0 Å². The summed E-state index contributed by atoms with van der Waals surface area (Å²) in [5, 5.41) is 9.73. The van der Waals surface area contributed by atoms with Crippen LogP contribution in [0.15, 0.2) is 53.3 Å². The number of piperidine rings is 1. The molecule has 1 aliphatic rings. The summed E-state index contributed by atoms with van der Waals surface area (Å²) in [5.74, 6) is 1.32. The van der Waals surface area contributed by atoms with Crippen molar-refractivity contribution in [1.29, 1.82) is 5.26 Å². The molecule has 0 unspecified atom stereocenters. The molecular formula is C27H27BrClN3O2. The molecule has 7 heteroatoms. The second-order valence-corrected chi connectivity index (χ2v) is 9.78. The summed E-state index contributed by atoms with van der Waals surface area (Å²) in [5.41, 5.74) is 4.61. The highest BCUT2D eigenvalue weighted by atomic mass is 79.9. The van der Waals surface area contributed by atoms with Crippen LogP contribution >= 0.6 is 27.5 Å². The summed E-state index contributed by atoms with van der Waals surface area (Å²) in [6, 6.07) is 13.8. The van der Waals surface area contributed by atoms with Crippen LogP contribution in [0.3, 0.4) is 0 Å². The normalized spacial score (nSPS) is 13.9. The minimum atomic E-state index is 0.307. The van der Waals surface area contributed by atoms with Gasteiger partial charge in [-0.1, -0.05) is 46.1 Å². The third-order valence-electron chi connectivity index (χ3n) is 6.04. The lowest BCUT2D eigenvalue weighted by atomic mass is 10.1. The van der Waals surface area contributed by atoms with E-state index in [9.17, 15) is 0 Å². The minimum Gasteiger partial charge on any atom is -0.488 e. The molecule has 34 heavy (non-hydrogen) atoms. The number of hydrogen-bond acceptors (Lipinski definition) is 5. The van der Waals surface area contributed by atoms with E-state index in [4.69, 9.17) is 26.3 Å². The number of likely N-dealkylation sites (tertiary alicyclic amines) is 1. The zero-order chi connectivity index (χ0) is 23.9. The summed E-state index contributed by atoms with van der Waals surface area (Å²) >= 11 is 10.2. The van der Waals surface area contributed by atoms with Gasteiger partial charge < -0.3 is 9.47 Å². The molecule has 4 rings (SSSR count). The molecule has 176 valence electrons. The number of nitriles is 1. The van der Waals surface area contributed by atoms with Gasteiger partial charge in [-0.25, -0.2) is 0 Å². The van der Waals surface area contributed by atoms with Crippen molar-refractivity contribution < 1.29 is 9.47 Å². The smallest absolute Gasteiger partial charge is 0.142 e. The van der Waals surface area contributed by atoms with Crippen molar-refractivity contribution in [2.75, 3.05) is 13.1 Å². The predicted molar refractivity (Wildman–Crippen MR) is 137 cm³/mol.